The molecule has 1 heterocycles. The van der Waals surface area contributed by atoms with Gasteiger partial charge in [-0.15, -0.1) is 0 Å². The van der Waals surface area contributed by atoms with Gasteiger partial charge in [0.1, 0.15) is 15.8 Å². The molecule has 1 aromatic carbocycles. The van der Waals surface area contributed by atoms with E-state index in [2.05, 4.69) is 0 Å². The second kappa shape index (κ2) is 9.05. The van der Waals surface area contributed by atoms with Gasteiger partial charge in [0.2, 0.25) is 0 Å². The maximum atomic E-state index is 12.7. The number of carboxylic acids is 1. The van der Waals surface area contributed by atoms with Crippen molar-refractivity contribution in [1.29, 1.82) is 0 Å². The lowest BCUT2D eigenvalue weighted by molar-refractivity contribution is -0.310. The molecule has 1 atom stereocenters. The van der Waals surface area contributed by atoms with Gasteiger partial charge in [0.05, 0.1) is 31.1 Å². The molecule has 0 aromatic heterocycles. The predicted octanol–water partition coefficient (Wildman–Crippen LogP) is 2.21. The van der Waals surface area contributed by atoms with E-state index in [4.69, 9.17) is 21.7 Å². The number of benzene rings is 1. The molecule has 26 heavy (non-hydrogen) atoms. The fourth-order valence-electron chi connectivity index (χ4n) is 2.58. The van der Waals surface area contributed by atoms with Crippen LogP contribution in [0.4, 0.5) is 0 Å². The lowest BCUT2D eigenvalue weighted by Crippen LogP contribution is -2.49. The largest absolute Gasteiger partial charge is 0.548 e. The zero-order valence-electron chi connectivity index (χ0n) is 14.8. The Kier molecular flexibility index (Phi) is 7.05. The maximum Gasteiger partial charge on any atom is 0.266 e. The van der Waals surface area contributed by atoms with Gasteiger partial charge in [0, 0.05) is 11.6 Å². The second-order valence-corrected chi connectivity index (χ2v) is 7.31. The zero-order valence-corrected chi connectivity index (χ0v) is 16.4. The summed E-state index contributed by atoms with van der Waals surface area (Å²) in [5, 5.41) is 11.5. The molecule has 0 radical (unpaired) electrons. The summed E-state index contributed by atoms with van der Waals surface area (Å²) in [5.74, 6) is -0.554. The number of amides is 1. The summed E-state index contributed by atoms with van der Waals surface area (Å²) in [6.45, 7) is 1.95. The van der Waals surface area contributed by atoms with Crippen molar-refractivity contribution < 1.29 is 24.2 Å². The van der Waals surface area contributed by atoms with Crippen LogP contribution in [0.15, 0.2) is 23.1 Å². The minimum Gasteiger partial charge on any atom is -0.548 e. The molecular formula is C18H20NO5S2-. The van der Waals surface area contributed by atoms with E-state index in [0.717, 1.165) is 23.1 Å². The fourth-order valence-corrected chi connectivity index (χ4v) is 3.92. The van der Waals surface area contributed by atoms with Crippen LogP contribution in [0.25, 0.3) is 6.08 Å². The van der Waals surface area contributed by atoms with Gasteiger partial charge in [-0.2, -0.15) is 0 Å². The number of hydrogen-bond acceptors (Lipinski definition) is 7. The van der Waals surface area contributed by atoms with Crippen LogP contribution in [0.1, 0.15) is 31.7 Å². The van der Waals surface area contributed by atoms with Crippen LogP contribution in [0.3, 0.4) is 0 Å². The van der Waals surface area contributed by atoms with E-state index in [1.807, 2.05) is 6.92 Å². The minimum atomic E-state index is -1.29. The van der Waals surface area contributed by atoms with Crippen molar-refractivity contribution in [1.82, 2.24) is 4.90 Å². The fraction of sp³-hybridized carbons (Fsp3) is 0.389. The zero-order chi connectivity index (χ0) is 19.3. The number of nitrogens with zero attached hydrogens (tertiary/aromatic N) is 1. The average molecular weight is 394 g/mol. The molecule has 140 valence electrons. The summed E-state index contributed by atoms with van der Waals surface area (Å²) >= 11 is 6.32. The molecule has 1 saturated heterocycles. The van der Waals surface area contributed by atoms with Crippen molar-refractivity contribution in [2.24, 2.45) is 0 Å². The molecule has 0 unspecified atom stereocenters. The number of methoxy groups -OCH3 is 2. The Hall–Kier alpha value is -2.06. The molecule has 1 aromatic rings. The van der Waals surface area contributed by atoms with Gasteiger partial charge >= 0.3 is 0 Å². The second-order valence-electron chi connectivity index (χ2n) is 5.64. The first-order valence-electron chi connectivity index (χ1n) is 8.12. The number of ether oxygens (including phenoxy) is 2. The third-order valence-electron chi connectivity index (χ3n) is 3.97. The van der Waals surface area contributed by atoms with E-state index in [1.54, 1.807) is 31.4 Å². The van der Waals surface area contributed by atoms with Gasteiger partial charge in [0.25, 0.3) is 5.91 Å². The number of aliphatic carboxylic acids is 1. The summed E-state index contributed by atoms with van der Waals surface area (Å²) in [7, 11) is 3.07. The third kappa shape index (κ3) is 4.37. The Balaban J connectivity index is 2.33. The van der Waals surface area contributed by atoms with Crippen molar-refractivity contribution in [2.45, 2.75) is 32.2 Å². The van der Waals surface area contributed by atoms with Gasteiger partial charge in [-0.1, -0.05) is 43.7 Å². The molecule has 2 rings (SSSR count). The lowest BCUT2D eigenvalue weighted by Gasteiger charge is -2.27. The molecule has 1 aliphatic rings. The van der Waals surface area contributed by atoms with E-state index < -0.39 is 17.9 Å². The van der Waals surface area contributed by atoms with Crippen molar-refractivity contribution in [3.63, 3.8) is 0 Å². The van der Waals surface area contributed by atoms with Crippen molar-refractivity contribution in [3.05, 3.63) is 28.7 Å². The van der Waals surface area contributed by atoms with E-state index in [9.17, 15) is 14.7 Å². The van der Waals surface area contributed by atoms with E-state index >= 15 is 0 Å². The quantitative estimate of drug-likeness (QED) is 0.494. The first-order valence-corrected chi connectivity index (χ1v) is 9.35. The number of carbonyl (C=O) groups excluding carboxylic acids is 2. The number of carboxylic acid groups (broad SMARTS) is 1. The van der Waals surface area contributed by atoms with Crippen LogP contribution in [0.2, 0.25) is 0 Å². The van der Waals surface area contributed by atoms with Crippen molar-refractivity contribution >= 4 is 46.3 Å². The van der Waals surface area contributed by atoms with Crippen molar-refractivity contribution in [3.8, 4) is 11.5 Å². The monoisotopic (exact) mass is 394 g/mol. The molecule has 1 fully saturated rings. The topological polar surface area (TPSA) is 78.9 Å². The molecule has 6 nitrogen and oxygen atoms in total. The average Bonchev–Trinajstić information content (AvgIpc) is 2.89. The summed E-state index contributed by atoms with van der Waals surface area (Å²) in [4.78, 5) is 25.7. The Morgan fingerprint density at radius 1 is 1.38 bits per heavy atom. The van der Waals surface area contributed by atoms with Crippen LogP contribution in [0, 0.1) is 0 Å². The lowest BCUT2D eigenvalue weighted by atomic mass is 10.1. The molecule has 0 aliphatic carbocycles. The standard InChI is InChI=1S/C18H21NO5S2/c1-4-5-6-13(17(21)22)19-16(20)15(26-18(19)25)9-11-7-8-12(23-2)10-14(11)24-3/h7-10,13H,4-6H2,1-3H3,(H,21,22)/p-1/b15-9-/t13-/m0/s1. The SMILES string of the molecule is CCCC[C@@H](C(=O)[O-])N1C(=O)/C(=C/c2ccc(OC)cc2OC)SC1=S. The summed E-state index contributed by atoms with van der Waals surface area (Å²) in [5.41, 5.74) is 0.673. The maximum absolute atomic E-state index is 12.7. The number of rotatable bonds is 8. The number of carbonyl (C=O) groups is 2. The van der Waals surface area contributed by atoms with Crippen LogP contribution < -0.4 is 14.6 Å². The summed E-state index contributed by atoms with van der Waals surface area (Å²) < 4.78 is 10.7. The van der Waals surface area contributed by atoms with Gasteiger partial charge in [-0.05, 0) is 24.6 Å². The summed E-state index contributed by atoms with van der Waals surface area (Å²) in [6.07, 6.45) is 3.44. The molecule has 0 spiro atoms. The van der Waals surface area contributed by atoms with Crippen LogP contribution in [0.5, 0.6) is 11.5 Å². The third-order valence-corrected chi connectivity index (χ3v) is 5.30. The Bertz CT molecular complexity index is 747. The molecule has 0 bridgehead atoms. The molecule has 1 amide bonds. The first kappa shape index (κ1) is 20.3. The Labute approximate surface area is 162 Å². The van der Waals surface area contributed by atoms with E-state index in [1.165, 1.54) is 7.11 Å². The van der Waals surface area contributed by atoms with E-state index in [0.29, 0.717) is 34.8 Å². The first-order chi connectivity index (χ1) is 12.4. The minimum absolute atomic E-state index is 0.221. The highest BCUT2D eigenvalue weighted by Crippen LogP contribution is 2.36. The number of thiocarbonyl (C=S) groups is 1. The van der Waals surface area contributed by atoms with Crippen LogP contribution >= 0.6 is 24.0 Å². The van der Waals surface area contributed by atoms with Gasteiger partial charge in [0.15, 0.2) is 0 Å². The van der Waals surface area contributed by atoms with Gasteiger partial charge in [-0.25, -0.2) is 0 Å². The highest BCUT2D eigenvalue weighted by molar-refractivity contribution is 8.26. The van der Waals surface area contributed by atoms with Gasteiger partial charge < -0.3 is 19.4 Å². The molecular weight excluding hydrogens is 374 g/mol. The molecule has 8 heteroatoms. The molecule has 1 aliphatic heterocycles. The number of thioether (sulfide) groups is 1. The van der Waals surface area contributed by atoms with Crippen LogP contribution in [-0.2, 0) is 9.59 Å². The van der Waals surface area contributed by atoms with E-state index in [-0.39, 0.29) is 4.32 Å². The molecule has 0 saturated carbocycles. The smallest absolute Gasteiger partial charge is 0.266 e. The predicted molar refractivity (Wildman–Crippen MR) is 103 cm³/mol. The van der Waals surface area contributed by atoms with Crippen LogP contribution in [-0.4, -0.2) is 41.4 Å². The normalized spacial score (nSPS) is 16.9. The van der Waals surface area contributed by atoms with Gasteiger partial charge in [-0.3, -0.25) is 9.69 Å². The van der Waals surface area contributed by atoms with Crippen molar-refractivity contribution in [2.75, 3.05) is 14.2 Å². The molecule has 0 N–H and O–H groups in total. The number of unbranched alkanes of at least 4 members (excludes halogenated alkanes) is 1. The highest BCUT2D eigenvalue weighted by atomic mass is 32.2. The Morgan fingerprint density at radius 2 is 2.12 bits per heavy atom. The Morgan fingerprint density at radius 3 is 2.69 bits per heavy atom. The number of hydrogen-bond donors (Lipinski definition) is 0. The summed E-state index contributed by atoms with van der Waals surface area (Å²) in [6, 6.07) is 4.17. The highest BCUT2D eigenvalue weighted by Gasteiger charge is 2.37.